The summed E-state index contributed by atoms with van der Waals surface area (Å²) in [5.41, 5.74) is 5.46. The molecular formula is C12H14ClFN2OS. The van der Waals surface area contributed by atoms with Gasteiger partial charge in [-0.2, -0.15) is 0 Å². The smallest absolute Gasteiger partial charge is 0.256 e. The number of halogens is 2. The van der Waals surface area contributed by atoms with Crippen LogP contribution in [0.3, 0.4) is 0 Å². The van der Waals surface area contributed by atoms with Gasteiger partial charge in [0.05, 0.1) is 10.6 Å². The molecule has 2 N–H and O–H groups in total. The monoisotopic (exact) mass is 288 g/mol. The van der Waals surface area contributed by atoms with Gasteiger partial charge in [-0.1, -0.05) is 30.7 Å². The van der Waals surface area contributed by atoms with Crippen molar-refractivity contribution in [3.63, 3.8) is 0 Å². The molecule has 0 saturated heterocycles. The third kappa shape index (κ3) is 3.65. The van der Waals surface area contributed by atoms with E-state index in [0.717, 1.165) is 6.07 Å². The Hall–Kier alpha value is -1.20. The summed E-state index contributed by atoms with van der Waals surface area (Å²) in [6.45, 7) is 2.15. The Morgan fingerprint density at radius 1 is 1.61 bits per heavy atom. The molecular weight excluding hydrogens is 275 g/mol. The first-order valence-corrected chi connectivity index (χ1v) is 6.11. The first kappa shape index (κ1) is 14.9. The predicted molar refractivity (Wildman–Crippen MR) is 74.3 cm³/mol. The van der Waals surface area contributed by atoms with Crippen molar-refractivity contribution in [2.24, 2.45) is 11.7 Å². The Kier molecular flexibility index (Phi) is 5.04. The number of amides is 1. The summed E-state index contributed by atoms with van der Waals surface area (Å²) >= 11 is 10.5. The normalized spacial score (nSPS) is 12.0. The molecule has 0 aliphatic heterocycles. The fourth-order valence-electron chi connectivity index (χ4n) is 1.45. The Labute approximate surface area is 116 Å². The molecule has 1 rings (SSSR count). The number of nitrogens with two attached hydrogens (primary N) is 1. The van der Waals surface area contributed by atoms with Gasteiger partial charge in [-0.05, 0) is 18.2 Å². The molecule has 0 fully saturated rings. The fourth-order valence-corrected chi connectivity index (χ4v) is 1.69. The maximum Gasteiger partial charge on any atom is 0.256 e. The van der Waals surface area contributed by atoms with Gasteiger partial charge in [0.15, 0.2) is 0 Å². The van der Waals surface area contributed by atoms with E-state index in [9.17, 15) is 9.18 Å². The number of nitrogens with zero attached hydrogens (tertiary/aromatic N) is 1. The van der Waals surface area contributed by atoms with E-state index in [1.807, 2.05) is 6.92 Å². The van der Waals surface area contributed by atoms with Crippen molar-refractivity contribution in [1.29, 1.82) is 0 Å². The average molecular weight is 289 g/mol. The quantitative estimate of drug-likeness (QED) is 0.866. The molecule has 0 aromatic heterocycles. The standard InChI is InChI=1S/C12H14ClFN2OS/c1-7(11(15)18)6-16(2)12(17)9-4-3-8(13)5-10(9)14/h3-5,7H,6H2,1-2H3,(H2,15,18). The molecule has 1 atom stereocenters. The summed E-state index contributed by atoms with van der Waals surface area (Å²) in [5.74, 6) is -1.18. The summed E-state index contributed by atoms with van der Waals surface area (Å²) in [6.07, 6.45) is 0. The zero-order valence-electron chi connectivity index (χ0n) is 10.1. The minimum atomic E-state index is -0.637. The lowest BCUT2D eigenvalue weighted by atomic mass is 10.1. The number of hydrogen-bond donors (Lipinski definition) is 1. The van der Waals surface area contributed by atoms with Crippen LogP contribution in [0.1, 0.15) is 17.3 Å². The Bertz CT molecular complexity index is 481. The number of carbonyl (C=O) groups is 1. The number of rotatable bonds is 4. The molecule has 1 unspecified atom stereocenters. The third-order valence-corrected chi connectivity index (χ3v) is 3.18. The lowest BCUT2D eigenvalue weighted by Crippen LogP contribution is -2.35. The molecule has 0 radical (unpaired) electrons. The van der Waals surface area contributed by atoms with Crippen molar-refractivity contribution in [3.8, 4) is 0 Å². The lowest BCUT2D eigenvalue weighted by Gasteiger charge is -2.21. The fraction of sp³-hybridized carbons (Fsp3) is 0.333. The van der Waals surface area contributed by atoms with Crippen LogP contribution in [0, 0.1) is 11.7 Å². The lowest BCUT2D eigenvalue weighted by molar-refractivity contribution is 0.0782. The van der Waals surface area contributed by atoms with Crippen LogP contribution in [0.4, 0.5) is 4.39 Å². The van der Waals surface area contributed by atoms with E-state index >= 15 is 0 Å². The van der Waals surface area contributed by atoms with Crippen LogP contribution in [0.5, 0.6) is 0 Å². The van der Waals surface area contributed by atoms with Gasteiger partial charge >= 0.3 is 0 Å². The van der Waals surface area contributed by atoms with E-state index in [1.54, 1.807) is 7.05 Å². The van der Waals surface area contributed by atoms with Crippen LogP contribution in [-0.4, -0.2) is 29.4 Å². The highest BCUT2D eigenvalue weighted by atomic mass is 35.5. The van der Waals surface area contributed by atoms with Gasteiger partial charge in [0.25, 0.3) is 5.91 Å². The maximum absolute atomic E-state index is 13.6. The molecule has 0 saturated carbocycles. The largest absolute Gasteiger partial charge is 0.393 e. The molecule has 1 aromatic rings. The second-order valence-electron chi connectivity index (χ2n) is 4.11. The van der Waals surface area contributed by atoms with E-state index < -0.39 is 11.7 Å². The van der Waals surface area contributed by atoms with Gasteiger partial charge < -0.3 is 10.6 Å². The van der Waals surface area contributed by atoms with E-state index in [-0.39, 0.29) is 16.5 Å². The Morgan fingerprint density at radius 2 is 2.22 bits per heavy atom. The van der Waals surface area contributed by atoms with Gasteiger partial charge in [0.2, 0.25) is 0 Å². The number of hydrogen-bond acceptors (Lipinski definition) is 2. The van der Waals surface area contributed by atoms with E-state index in [4.69, 9.17) is 29.6 Å². The van der Waals surface area contributed by atoms with Crippen molar-refractivity contribution < 1.29 is 9.18 Å². The summed E-state index contributed by atoms with van der Waals surface area (Å²) in [4.78, 5) is 13.7. The van der Waals surface area contributed by atoms with Crippen LogP contribution in [0.25, 0.3) is 0 Å². The molecule has 18 heavy (non-hydrogen) atoms. The molecule has 0 aliphatic carbocycles. The minimum absolute atomic E-state index is 0.0166. The SMILES string of the molecule is CC(CN(C)C(=O)c1ccc(Cl)cc1F)C(N)=S. The molecule has 1 amide bonds. The molecule has 0 bridgehead atoms. The first-order valence-electron chi connectivity index (χ1n) is 5.32. The Morgan fingerprint density at radius 3 is 2.72 bits per heavy atom. The highest BCUT2D eigenvalue weighted by Crippen LogP contribution is 2.16. The summed E-state index contributed by atoms with van der Waals surface area (Å²) in [7, 11) is 1.57. The van der Waals surface area contributed by atoms with Crippen molar-refractivity contribution in [1.82, 2.24) is 4.90 Å². The molecule has 1 aromatic carbocycles. The molecule has 0 aliphatic rings. The van der Waals surface area contributed by atoms with Gasteiger partial charge in [-0.3, -0.25) is 4.79 Å². The third-order valence-electron chi connectivity index (χ3n) is 2.54. The zero-order valence-corrected chi connectivity index (χ0v) is 11.7. The van der Waals surface area contributed by atoms with Crippen molar-refractivity contribution in [2.45, 2.75) is 6.92 Å². The molecule has 6 heteroatoms. The molecule has 98 valence electrons. The van der Waals surface area contributed by atoms with Gasteiger partial charge in [-0.25, -0.2) is 4.39 Å². The van der Waals surface area contributed by atoms with Crippen LogP contribution >= 0.6 is 23.8 Å². The molecule has 3 nitrogen and oxygen atoms in total. The molecule has 0 heterocycles. The molecule has 0 spiro atoms. The topological polar surface area (TPSA) is 46.3 Å². The van der Waals surface area contributed by atoms with Crippen molar-refractivity contribution >= 4 is 34.7 Å². The van der Waals surface area contributed by atoms with Crippen molar-refractivity contribution in [2.75, 3.05) is 13.6 Å². The summed E-state index contributed by atoms with van der Waals surface area (Å²) < 4.78 is 13.6. The number of thiocarbonyl (C=S) groups is 1. The number of carbonyl (C=O) groups excluding carboxylic acids is 1. The highest BCUT2D eigenvalue weighted by molar-refractivity contribution is 7.80. The van der Waals surface area contributed by atoms with Crippen LogP contribution in [0.15, 0.2) is 18.2 Å². The van der Waals surface area contributed by atoms with E-state index in [1.165, 1.54) is 17.0 Å². The van der Waals surface area contributed by atoms with Gasteiger partial charge in [0.1, 0.15) is 5.82 Å². The maximum atomic E-state index is 13.6. The van der Waals surface area contributed by atoms with Crippen LogP contribution < -0.4 is 5.73 Å². The van der Waals surface area contributed by atoms with E-state index in [2.05, 4.69) is 0 Å². The first-order chi connectivity index (χ1) is 8.32. The summed E-state index contributed by atoms with van der Waals surface area (Å²) in [6, 6.07) is 3.95. The van der Waals surface area contributed by atoms with Gasteiger partial charge in [-0.15, -0.1) is 0 Å². The van der Waals surface area contributed by atoms with Crippen LogP contribution in [0.2, 0.25) is 5.02 Å². The zero-order chi connectivity index (χ0) is 13.9. The van der Waals surface area contributed by atoms with Gasteiger partial charge in [0, 0.05) is 24.5 Å². The predicted octanol–water partition coefficient (Wildman–Crippen LogP) is 2.47. The number of benzene rings is 1. The summed E-state index contributed by atoms with van der Waals surface area (Å²) in [5, 5.41) is 0.253. The second-order valence-corrected chi connectivity index (χ2v) is 5.02. The minimum Gasteiger partial charge on any atom is -0.393 e. The average Bonchev–Trinajstić information content (AvgIpc) is 2.27. The highest BCUT2D eigenvalue weighted by Gasteiger charge is 2.18. The second kappa shape index (κ2) is 6.11. The van der Waals surface area contributed by atoms with E-state index in [0.29, 0.717) is 11.5 Å². The van der Waals surface area contributed by atoms with Crippen LogP contribution in [-0.2, 0) is 0 Å². The Balaban J connectivity index is 2.83. The van der Waals surface area contributed by atoms with Crippen molar-refractivity contribution in [3.05, 3.63) is 34.6 Å².